The Labute approximate surface area is 221 Å². The van der Waals surface area contributed by atoms with Crippen LogP contribution < -0.4 is 10.4 Å². The second-order valence-corrected chi connectivity index (χ2v) is 9.08. The van der Waals surface area contributed by atoms with Crippen LogP contribution in [0.25, 0.3) is 11.0 Å². The number of rotatable bonds is 9. The largest absolute Gasteiger partial charge is 0.573 e. The molecular formula is C26H24Cl2F3N3O3. The number of ether oxygens (including phenoxy) is 2. The predicted molar refractivity (Wildman–Crippen MR) is 136 cm³/mol. The average molecular weight is 554 g/mol. The van der Waals surface area contributed by atoms with Gasteiger partial charge in [0.15, 0.2) is 0 Å². The molecule has 0 saturated heterocycles. The third kappa shape index (κ3) is 6.67. The summed E-state index contributed by atoms with van der Waals surface area (Å²) in [5.74, 6) is -0.331. The summed E-state index contributed by atoms with van der Waals surface area (Å²) >= 11 is 12.7. The van der Waals surface area contributed by atoms with Gasteiger partial charge in [0.05, 0.1) is 39.9 Å². The first-order valence-electron chi connectivity index (χ1n) is 11.3. The van der Waals surface area contributed by atoms with Gasteiger partial charge in [-0.15, -0.1) is 13.2 Å². The van der Waals surface area contributed by atoms with Gasteiger partial charge < -0.3 is 23.7 Å². The highest BCUT2D eigenvalue weighted by Crippen LogP contribution is 2.29. The molecule has 0 amide bonds. The van der Waals surface area contributed by atoms with E-state index < -0.39 is 6.36 Å². The highest BCUT2D eigenvalue weighted by molar-refractivity contribution is 6.42. The summed E-state index contributed by atoms with van der Waals surface area (Å²) < 4.78 is 50.9. The number of hydrogen-bond acceptors (Lipinski definition) is 4. The molecule has 0 atom stereocenters. The first-order chi connectivity index (χ1) is 17.7. The maximum absolute atomic E-state index is 12.6. The maximum atomic E-state index is 12.6. The lowest BCUT2D eigenvalue weighted by Crippen LogP contribution is -2.27. The van der Waals surface area contributed by atoms with Crippen molar-refractivity contribution < 1.29 is 27.8 Å². The Kier molecular flexibility index (Phi) is 8.49. The summed E-state index contributed by atoms with van der Waals surface area (Å²) in [7, 11) is 1.62. The molecule has 0 fully saturated rings. The van der Waals surface area contributed by atoms with Gasteiger partial charge in [0.2, 0.25) is 5.62 Å². The molecule has 0 aliphatic rings. The molecule has 0 saturated carbocycles. The van der Waals surface area contributed by atoms with Gasteiger partial charge in [-0.3, -0.25) is 0 Å². The van der Waals surface area contributed by atoms with Gasteiger partial charge in [0.1, 0.15) is 5.75 Å². The van der Waals surface area contributed by atoms with Crippen LogP contribution in [0.2, 0.25) is 10.0 Å². The van der Waals surface area contributed by atoms with Gasteiger partial charge in [-0.25, -0.2) is 4.99 Å². The van der Waals surface area contributed by atoms with Gasteiger partial charge in [0, 0.05) is 20.3 Å². The SMILES string of the molecule is COCCCn1/c(=N/c2ccc(OC(F)(F)F)cc2)n(Cc2ccc(CO)cc2)c2cc(Cl)c(Cl)cc21. The second-order valence-electron chi connectivity index (χ2n) is 8.27. The molecule has 0 aliphatic heterocycles. The van der Waals surface area contributed by atoms with E-state index in [2.05, 4.69) is 4.74 Å². The van der Waals surface area contributed by atoms with Crippen molar-refractivity contribution in [3.8, 4) is 5.75 Å². The number of aromatic nitrogens is 2. The molecule has 4 rings (SSSR count). The van der Waals surface area contributed by atoms with Crippen LogP contribution in [-0.4, -0.2) is 34.3 Å². The molecule has 11 heteroatoms. The van der Waals surface area contributed by atoms with Crippen LogP contribution in [0.15, 0.2) is 65.7 Å². The van der Waals surface area contributed by atoms with Crippen molar-refractivity contribution in [2.45, 2.75) is 32.5 Å². The van der Waals surface area contributed by atoms with E-state index in [1.54, 1.807) is 19.2 Å². The standard InChI is InChI=1S/C26H24Cl2F3N3O3/c1-36-12-2-11-33-23-13-21(27)22(28)14-24(23)34(15-17-3-5-18(16-35)6-4-17)25(33)32-19-7-9-20(10-8-19)37-26(29,30)31/h3-10,13-14,35H,2,11-12,15-16H2,1H3/b32-25-. The van der Waals surface area contributed by atoms with Crippen molar-refractivity contribution in [3.63, 3.8) is 0 Å². The highest BCUT2D eigenvalue weighted by Gasteiger charge is 2.31. The Balaban J connectivity index is 1.89. The molecular weight excluding hydrogens is 530 g/mol. The smallest absolute Gasteiger partial charge is 0.406 e. The monoisotopic (exact) mass is 553 g/mol. The minimum absolute atomic E-state index is 0.0605. The minimum atomic E-state index is -4.78. The summed E-state index contributed by atoms with van der Waals surface area (Å²) in [6, 6.07) is 16.4. The summed E-state index contributed by atoms with van der Waals surface area (Å²) in [6.07, 6.45) is -4.09. The molecule has 4 aromatic rings. The third-order valence-electron chi connectivity index (χ3n) is 5.66. The zero-order valence-electron chi connectivity index (χ0n) is 19.8. The lowest BCUT2D eigenvalue weighted by molar-refractivity contribution is -0.274. The van der Waals surface area contributed by atoms with Gasteiger partial charge in [-0.1, -0.05) is 47.5 Å². The first-order valence-corrected chi connectivity index (χ1v) is 12.1. The summed E-state index contributed by atoms with van der Waals surface area (Å²) in [4.78, 5) is 4.81. The fraction of sp³-hybridized carbons (Fsp3) is 0.269. The van der Waals surface area contributed by atoms with Crippen molar-refractivity contribution in [3.05, 3.63) is 87.5 Å². The molecule has 37 heavy (non-hydrogen) atoms. The Bertz CT molecular complexity index is 1430. The quantitative estimate of drug-likeness (QED) is 0.242. The van der Waals surface area contributed by atoms with Crippen LogP contribution in [0.5, 0.6) is 5.75 Å². The van der Waals surface area contributed by atoms with Crippen LogP contribution in [-0.2, 0) is 24.4 Å². The fourth-order valence-electron chi connectivity index (χ4n) is 3.95. The molecule has 0 radical (unpaired) electrons. The summed E-state index contributed by atoms with van der Waals surface area (Å²) in [5, 5.41) is 10.2. The molecule has 196 valence electrons. The molecule has 0 aliphatic carbocycles. The minimum Gasteiger partial charge on any atom is -0.406 e. The molecule has 0 unspecified atom stereocenters. The number of alkyl halides is 3. The van der Waals surface area contributed by atoms with E-state index in [1.165, 1.54) is 24.3 Å². The van der Waals surface area contributed by atoms with Crippen LogP contribution in [0.3, 0.4) is 0 Å². The fourth-order valence-corrected chi connectivity index (χ4v) is 4.27. The van der Waals surface area contributed by atoms with E-state index in [0.717, 1.165) is 22.2 Å². The number of hydrogen-bond donors (Lipinski definition) is 1. The number of fused-ring (bicyclic) bond motifs is 1. The Morgan fingerprint density at radius 1 is 0.892 bits per heavy atom. The van der Waals surface area contributed by atoms with Crippen LogP contribution >= 0.6 is 23.2 Å². The van der Waals surface area contributed by atoms with E-state index in [1.807, 2.05) is 33.4 Å². The number of aliphatic hydroxyl groups excluding tert-OH is 1. The molecule has 0 bridgehead atoms. The predicted octanol–water partition coefficient (Wildman–Crippen LogP) is 6.46. The Hall–Kier alpha value is -2.98. The topological polar surface area (TPSA) is 60.9 Å². The number of benzene rings is 3. The van der Waals surface area contributed by atoms with Crippen molar-refractivity contribution >= 4 is 39.9 Å². The summed E-state index contributed by atoms with van der Waals surface area (Å²) in [5.41, 5.74) is 4.32. The van der Waals surface area contributed by atoms with Crippen molar-refractivity contribution in [2.24, 2.45) is 4.99 Å². The van der Waals surface area contributed by atoms with Gasteiger partial charge in [0.25, 0.3) is 0 Å². The van der Waals surface area contributed by atoms with Crippen LogP contribution in [0.4, 0.5) is 18.9 Å². The molecule has 1 aromatic heterocycles. The molecule has 1 heterocycles. The van der Waals surface area contributed by atoms with Crippen molar-refractivity contribution in [2.75, 3.05) is 13.7 Å². The lowest BCUT2D eigenvalue weighted by atomic mass is 10.1. The molecule has 3 aromatic carbocycles. The zero-order chi connectivity index (χ0) is 26.6. The highest BCUT2D eigenvalue weighted by atomic mass is 35.5. The number of halogens is 5. The van der Waals surface area contributed by atoms with Crippen LogP contribution in [0, 0.1) is 0 Å². The summed E-state index contributed by atoms with van der Waals surface area (Å²) in [6.45, 7) is 1.43. The molecule has 6 nitrogen and oxygen atoms in total. The zero-order valence-corrected chi connectivity index (χ0v) is 21.3. The van der Waals surface area contributed by atoms with Gasteiger partial charge >= 0.3 is 6.36 Å². The van der Waals surface area contributed by atoms with Crippen molar-refractivity contribution in [1.82, 2.24) is 9.13 Å². The Morgan fingerprint density at radius 2 is 1.49 bits per heavy atom. The van der Waals surface area contributed by atoms with E-state index in [4.69, 9.17) is 32.9 Å². The van der Waals surface area contributed by atoms with E-state index in [-0.39, 0.29) is 12.4 Å². The molecule has 1 N–H and O–H groups in total. The van der Waals surface area contributed by atoms with E-state index >= 15 is 0 Å². The number of nitrogens with zero attached hydrogens (tertiary/aromatic N) is 3. The third-order valence-corrected chi connectivity index (χ3v) is 6.38. The number of aryl methyl sites for hydroxylation is 1. The van der Waals surface area contributed by atoms with Crippen molar-refractivity contribution in [1.29, 1.82) is 0 Å². The maximum Gasteiger partial charge on any atom is 0.573 e. The number of methoxy groups -OCH3 is 1. The normalized spacial score (nSPS) is 12.5. The number of imidazole rings is 1. The average Bonchev–Trinajstić information content (AvgIpc) is 3.11. The van der Waals surface area contributed by atoms with E-state index in [9.17, 15) is 18.3 Å². The Morgan fingerprint density at radius 3 is 2.05 bits per heavy atom. The van der Waals surface area contributed by atoms with E-state index in [0.29, 0.717) is 47.5 Å². The lowest BCUT2D eigenvalue weighted by Gasteiger charge is -2.09. The number of aliphatic hydroxyl groups is 1. The van der Waals surface area contributed by atoms with Crippen LogP contribution in [0.1, 0.15) is 17.5 Å². The first kappa shape index (κ1) is 27.1. The van der Waals surface area contributed by atoms with Gasteiger partial charge in [-0.2, -0.15) is 0 Å². The van der Waals surface area contributed by atoms with Gasteiger partial charge in [-0.05, 0) is 53.9 Å². The second kappa shape index (κ2) is 11.6. The molecule has 0 spiro atoms.